The maximum Gasteiger partial charge on any atom is 0.211 e. The van der Waals surface area contributed by atoms with Gasteiger partial charge in [0, 0.05) is 24.8 Å². The third-order valence-electron chi connectivity index (χ3n) is 3.72. The van der Waals surface area contributed by atoms with E-state index in [2.05, 4.69) is 38.2 Å². The fraction of sp³-hybridized carbons (Fsp3) is 0.600. The minimum atomic E-state index is -3.07. The second-order valence-electron chi connectivity index (χ2n) is 6.58. The van der Waals surface area contributed by atoms with Gasteiger partial charge in [-0.25, -0.2) is 12.7 Å². The molecule has 0 radical (unpaired) electrons. The summed E-state index contributed by atoms with van der Waals surface area (Å²) < 4.78 is 24.6. The van der Waals surface area contributed by atoms with Gasteiger partial charge < -0.3 is 5.32 Å². The second-order valence-corrected chi connectivity index (χ2v) is 8.56. The van der Waals surface area contributed by atoms with E-state index in [9.17, 15) is 8.42 Å². The van der Waals surface area contributed by atoms with E-state index in [4.69, 9.17) is 0 Å². The highest BCUT2D eigenvalue weighted by Gasteiger charge is 2.28. The van der Waals surface area contributed by atoms with E-state index >= 15 is 0 Å². The Kier molecular flexibility index (Phi) is 4.12. The normalized spacial score (nSPS) is 21.1. The van der Waals surface area contributed by atoms with Crippen LogP contribution in [0.4, 0.5) is 5.69 Å². The predicted molar refractivity (Wildman–Crippen MR) is 83.6 cm³/mol. The van der Waals surface area contributed by atoms with Gasteiger partial charge in [-0.15, -0.1) is 0 Å². The molecule has 1 heterocycles. The molecule has 20 heavy (non-hydrogen) atoms. The van der Waals surface area contributed by atoms with Gasteiger partial charge in [0.2, 0.25) is 10.0 Å². The Balaban J connectivity index is 2.05. The van der Waals surface area contributed by atoms with Crippen molar-refractivity contribution in [3.63, 3.8) is 0 Å². The van der Waals surface area contributed by atoms with Crippen molar-refractivity contribution in [3.8, 4) is 0 Å². The molecule has 0 saturated carbocycles. The van der Waals surface area contributed by atoms with Crippen LogP contribution in [0.2, 0.25) is 0 Å². The number of benzene rings is 1. The Morgan fingerprint density at radius 3 is 2.55 bits per heavy atom. The molecule has 1 fully saturated rings. The molecular formula is C15H24N2O2S. The molecule has 1 aliphatic heterocycles. The second kappa shape index (κ2) is 5.37. The molecule has 0 bridgehead atoms. The summed E-state index contributed by atoms with van der Waals surface area (Å²) in [5.41, 5.74) is 2.46. The lowest BCUT2D eigenvalue weighted by atomic mass is 9.87. The van der Waals surface area contributed by atoms with Gasteiger partial charge in [-0.2, -0.15) is 0 Å². The van der Waals surface area contributed by atoms with Crippen molar-refractivity contribution in [2.45, 2.75) is 38.6 Å². The maximum atomic E-state index is 11.5. The molecule has 1 aromatic carbocycles. The Hall–Kier alpha value is -1.07. The average molecular weight is 296 g/mol. The molecule has 4 nitrogen and oxygen atoms in total. The van der Waals surface area contributed by atoms with Crippen LogP contribution in [0.1, 0.15) is 32.8 Å². The Morgan fingerprint density at radius 2 is 2.00 bits per heavy atom. The standard InChI is InChI=1S/C15H24N2O2S/c1-15(2,3)12-6-5-7-13(10-12)16-14-8-9-17(11-14)20(4,18)19/h5-7,10,14,16H,8-9,11H2,1-4H3/t14-/m1/s1. The van der Waals surface area contributed by atoms with Crippen LogP contribution < -0.4 is 5.32 Å². The fourth-order valence-electron chi connectivity index (χ4n) is 2.46. The van der Waals surface area contributed by atoms with Crippen molar-refractivity contribution >= 4 is 15.7 Å². The van der Waals surface area contributed by atoms with Crippen LogP contribution in [0.15, 0.2) is 24.3 Å². The zero-order valence-electron chi connectivity index (χ0n) is 12.7. The zero-order chi connectivity index (χ0) is 15.0. The van der Waals surface area contributed by atoms with Gasteiger partial charge in [0.1, 0.15) is 0 Å². The molecule has 0 spiro atoms. The molecule has 0 aliphatic carbocycles. The zero-order valence-corrected chi connectivity index (χ0v) is 13.5. The molecule has 112 valence electrons. The molecule has 0 amide bonds. The molecule has 1 atom stereocenters. The summed E-state index contributed by atoms with van der Waals surface area (Å²) in [6.07, 6.45) is 2.13. The minimum absolute atomic E-state index is 0.117. The van der Waals surface area contributed by atoms with E-state index in [1.807, 2.05) is 12.1 Å². The molecule has 1 aromatic rings. The number of nitrogens with one attached hydrogen (secondary N) is 1. The molecular weight excluding hydrogens is 272 g/mol. The van der Waals surface area contributed by atoms with Gasteiger partial charge in [0.15, 0.2) is 0 Å². The molecule has 2 rings (SSSR count). The first-order valence-electron chi connectivity index (χ1n) is 6.98. The van der Waals surface area contributed by atoms with Crippen LogP contribution >= 0.6 is 0 Å². The van der Waals surface area contributed by atoms with Crippen LogP contribution in [0.25, 0.3) is 0 Å². The van der Waals surface area contributed by atoms with E-state index in [0.717, 1.165) is 12.1 Å². The first-order valence-corrected chi connectivity index (χ1v) is 8.83. The lowest BCUT2D eigenvalue weighted by Crippen LogP contribution is -2.30. The largest absolute Gasteiger partial charge is 0.381 e. The first-order chi connectivity index (χ1) is 9.16. The monoisotopic (exact) mass is 296 g/mol. The van der Waals surface area contributed by atoms with Crippen LogP contribution in [0.3, 0.4) is 0 Å². The number of rotatable bonds is 3. The van der Waals surface area contributed by atoms with Crippen molar-refractivity contribution in [2.75, 3.05) is 24.7 Å². The van der Waals surface area contributed by atoms with Crippen LogP contribution in [0.5, 0.6) is 0 Å². The number of hydrogen-bond acceptors (Lipinski definition) is 3. The van der Waals surface area contributed by atoms with Crippen molar-refractivity contribution in [2.24, 2.45) is 0 Å². The van der Waals surface area contributed by atoms with Gasteiger partial charge >= 0.3 is 0 Å². The van der Waals surface area contributed by atoms with E-state index in [1.165, 1.54) is 16.1 Å². The van der Waals surface area contributed by atoms with E-state index < -0.39 is 10.0 Å². The molecule has 0 aromatic heterocycles. The SMILES string of the molecule is CC(C)(C)c1cccc(N[C@@H]2CCN(S(C)(=O)=O)C2)c1. The molecule has 1 aliphatic rings. The van der Waals surface area contributed by atoms with Crippen molar-refractivity contribution in [1.29, 1.82) is 0 Å². The number of nitrogens with zero attached hydrogens (tertiary/aromatic N) is 1. The molecule has 5 heteroatoms. The fourth-order valence-corrected chi connectivity index (χ4v) is 3.35. The molecule has 1 N–H and O–H groups in total. The van der Waals surface area contributed by atoms with Crippen LogP contribution in [-0.2, 0) is 15.4 Å². The van der Waals surface area contributed by atoms with Crippen LogP contribution in [0, 0.1) is 0 Å². The average Bonchev–Trinajstić information content (AvgIpc) is 2.76. The van der Waals surface area contributed by atoms with Gasteiger partial charge in [-0.05, 0) is 29.5 Å². The van der Waals surface area contributed by atoms with Gasteiger partial charge in [-0.1, -0.05) is 32.9 Å². The third-order valence-corrected chi connectivity index (χ3v) is 4.99. The first kappa shape index (κ1) is 15.3. The predicted octanol–water partition coefficient (Wildman–Crippen LogP) is 2.43. The lowest BCUT2D eigenvalue weighted by molar-refractivity contribution is 0.480. The van der Waals surface area contributed by atoms with Gasteiger partial charge in [0.05, 0.1) is 6.26 Å². The van der Waals surface area contributed by atoms with Crippen molar-refractivity contribution in [3.05, 3.63) is 29.8 Å². The smallest absolute Gasteiger partial charge is 0.211 e. The Labute approximate surface area is 122 Å². The highest BCUT2D eigenvalue weighted by molar-refractivity contribution is 7.88. The summed E-state index contributed by atoms with van der Waals surface area (Å²) in [6.45, 7) is 7.72. The summed E-state index contributed by atoms with van der Waals surface area (Å²) in [6, 6.07) is 8.57. The number of sulfonamides is 1. The Morgan fingerprint density at radius 1 is 1.30 bits per heavy atom. The summed E-state index contributed by atoms with van der Waals surface area (Å²) in [4.78, 5) is 0. The van der Waals surface area contributed by atoms with Crippen molar-refractivity contribution < 1.29 is 8.42 Å². The number of hydrogen-bond donors (Lipinski definition) is 1. The highest BCUT2D eigenvalue weighted by Crippen LogP contribution is 2.26. The summed E-state index contributed by atoms with van der Waals surface area (Å²) in [5.74, 6) is 0. The van der Waals surface area contributed by atoms with Gasteiger partial charge in [-0.3, -0.25) is 0 Å². The number of anilines is 1. The maximum absolute atomic E-state index is 11.5. The quantitative estimate of drug-likeness (QED) is 0.932. The van der Waals surface area contributed by atoms with E-state index in [0.29, 0.717) is 13.1 Å². The highest BCUT2D eigenvalue weighted by atomic mass is 32.2. The Bertz CT molecular complexity index is 576. The molecule has 1 saturated heterocycles. The van der Waals surface area contributed by atoms with E-state index in [1.54, 1.807) is 0 Å². The summed E-state index contributed by atoms with van der Waals surface area (Å²) in [5, 5.41) is 3.45. The van der Waals surface area contributed by atoms with Crippen molar-refractivity contribution in [1.82, 2.24) is 4.31 Å². The van der Waals surface area contributed by atoms with Crippen LogP contribution in [-0.4, -0.2) is 38.1 Å². The topological polar surface area (TPSA) is 49.4 Å². The summed E-state index contributed by atoms with van der Waals surface area (Å²) >= 11 is 0. The third kappa shape index (κ3) is 3.73. The van der Waals surface area contributed by atoms with E-state index in [-0.39, 0.29) is 11.5 Å². The minimum Gasteiger partial charge on any atom is -0.381 e. The molecule has 0 unspecified atom stereocenters. The summed E-state index contributed by atoms with van der Waals surface area (Å²) in [7, 11) is -3.07. The lowest BCUT2D eigenvalue weighted by Gasteiger charge is -2.21. The van der Waals surface area contributed by atoms with Gasteiger partial charge in [0.25, 0.3) is 0 Å².